The Labute approximate surface area is 130 Å². The summed E-state index contributed by atoms with van der Waals surface area (Å²) >= 11 is 0. The maximum Gasteiger partial charge on any atom is 0.0976 e. The third-order valence-electron chi connectivity index (χ3n) is 3.76. The minimum atomic E-state index is -1.09. The number of hydrogen-bond acceptors (Lipinski definition) is 1. The van der Waals surface area contributed by atoms with Crippen LogP contribution in [0.25, 0.3) is 0 Å². The Morgan fingerprint density at radius 2 is 1.95 bits per heavy atom. The molecule has 0 fully saturated rings. The van der Waals surface area contributed by atoms with Crippen LogP contribution in [0.3, 0.4) is 0 Å². The molecule has 1 aliphatic carbocycles. The molecule has 1 aromatic rings. The van der Waals surface area contributed by atoms with Crippen molar-refractivity contribution in [3.8, 4) is 0 Å². The Morgan fingerprint density at radius 1 is 1.24 bits per heavy atom. The lowest BCUT2D eigenvalue weighted by atomic mass is 9.87. The molecule has 1 unspecified atom stereocenters. The first-order valence-corrected chi connectivity index (χ1v) is 8.61. The van der Waals surface area contributed by atoms with Gasteiger partial charge in [0.1, 0.15) is 0 Å². The molecule has 1 aliphatic rings. The average Bonchev–Trinajstić information content (AvgIpc) is 2.45. The van der Waals surface area contributed by atoms with Crippen LogP contribution < -0.4 is 4.72 Å². The SMILES string of the molecule is Cc1ccccc1[C@@H](NS(=O)C(C)(C)C)[C@H]1C=CC=CC1. The van der Waals surface area contributed by atoms with Crippen molar-refractivity contribution < 1.29 is 4.21 Å². The van der Waals surface area contributed by atoms with Gasteiger partial charge < -0.3 is 0 Å². The Hall–Kier alpha value is -1.19. The molecule has 2 nitrogen and oxygen atoms in total. The lowest BCUT2D eigenvalue weighted by Gasteiger charge is -2.30. The van der Waals surface area contributed by atoms with Gasteiger partial charge in [0.25, 0.3) is 0 Å². The first-order chi connectivity index (χ1) is 9.89. The van der Waals surface area contributed by atoms with Gasteiger partial charge in [-0.2, -0.15) is 0 Å². The average molecular weight is 303 g/mol. The fraction of sp³-hybridized carbons (Fsp3) is 0.444. The van der Waals surface area contributed by atoms with Gasteiger partial charge in [-0.1, -0.05) is 48.6 Å². The van der Waals surface area contributed by atoms with E-state index in [4.69, 9.17) is 0 Å². The second kappa shape index (κ2) is 6.71. The fourth-order valence-corrected chi connectivity index (χ4v) is 3.34. The molecule has 3 atom stereocenters. The number of aryl methyl sites for hydroxylation is 1. The molecular formula is C18H25NOS. The molecule has 0 spiro atoms. The van der Waals surface area contributed by atoms with E-state index in [1.54, 1.807) is 0 Å². The van der Waals surface area contributed by atoms with E-state index < -0.39 is 11.0 Å². The maximum absolute atomic E-state index is 12.6. The predicted octanol–water partition coefficient (Wildman–Crippen LogP) is 4.22. The van der Waals surface area contributed by atoms with E-state index in [1.807, 2.05) is 26.8 Å². The van der Waals surface area contributed by atoms with Gasteiger partial charge >= 0.3 is 0 Å². The number of benzene rings is 1. The van der Waals surface area contributed by atoms with E-state index in [1.165, 1.54) is 11.1 Å². The normalized spacial score (nSPS) is 21.2. The highest BCUT2D eigenvalue weighted by Gasteiger charge is 2.28. The van der Waals surface area contributed by atoms with Crippen molar-refractivity contribution in [2.75, 3.05) is 0 Å². The van der Waals surface area contributed by atoms with Gasteiger partial charge in [-0.05, 0) is 45.2 Å². The first-order valence-electron chi connectivity index (χ1n) is 7.46. The van der Waals surface area contributed by atoms with E-state index in [0.717, 1.165) is 6.42 Å². The molecule has 114 valence electrons. The van der Waals surface area contributed by atoms with Crippen LogP contribution in [0, 0.1) is 12.8 Å². The molecule has 21 heavy (non-hydrogen) atoms. The Balaban J connectivity index is 2.31. The molecule has 0 heterocycles. The highest BCUT2D eigenvalue weighted by molar-refractivity contribution is 7.84. The predicted molar refractivity (Wildman–Crippen MR) is 91.3 cm³/mol. The Morgan fingerprint density at radius 3 is 2.52 bits per heavy atom. The highest BCUT2D eigenvalue weighted by Crippen LogP contribution is 2.31. The fourth-order valence-electron chi connectivity index (χ4n) is 2.46. The zero-order valence-electron chi connectivity index (χ0n) is 13.3. The van der Waals surface area contributed by atoms with E-state index in [2.05, 4.69) is 54.1 Å². The first kappa shape index (κ1) is 16.2. The van der Waals surface area contributed by atoms with Crippen LogP contribution in [0.4, 0.5) is 0 Å². The number of rotatable bonds is 4. The standard InChI is InChI=1S/C18H25NOS/c1-14-10-8-9-13-16(14)17(15-11-6-5-7-12-15)19-21(20)18(2,3)4/h5-11,13,15,17,19H,12H2,1-4H3/t15-,17-,21?/m0/s1. The summed E-state index contributed by atoms with van der Waals surface area (Å²) in [6, 6.07) is 8.44. The molecule has 1 N–H and O–H groups in total. The van der Waals surface area contributed by atoms with Crippen LogP contribution in [-0.2, 0) is 11.0 Å². The number of hydrogen-bond donors (Lipinski definition) is 1. The molecule has 3 heteroatoms. The van der Waals surface area contributed by atoms with Crippen LogP contribution in [-0.4, -0.2) is 8.96 Å². The molecule has 1 aromatic carbocycles. The summed E-state index contributed by atoms with van der Waals surface area (Å²) in [5.74, 6) is 0.336. The van der Waals surface area contributed by atoms with Crippen LogP contribution >= 0.6 is 0 Å². The van der Waals surface area contributed by atoms with Gasteiger partial charge in [-0.3, -0.25) is 0 Å². The number of allylic oxidation sites excluding steroid dienone is 3. The summed E-state index contributed by atoms with van der Waals surface area (Å²) in [6.07, 6.45) is 9.53. The summed E-state index contributed by atoms with van der Waals surface area (Å²) in [4.78, 5) is 0. The summed E-state index contributed by atoms with van der Waals surface area (Å²) in [5, 5.41) is 0. The lowest BCUT2D eigenvalue weighted by Crippen LogP contribution is -2.38. The summed E-state index contributed by atoms with van der Waals surface area (Å²) in [5.41, 5.74) is 2.48. The maximum atomic E-state index is 12.6. The van der Waals surface area contributed by atoms with Crippen molar-refractivity contribution in [1.29, 1.82) is 0 Å². The zero-order valence-corrected chi connectivity index (χ0v) is 14.1. The summed E-state index contributed by atoms with van der Waals surface area (Å²) in [6.45, 7) is 8.12. The highest BCUT2D eigenvalue weighted by atomic mass is 32.2. The Kier molecular flexibility index (Phi) is 5.17. The van der Waals surface area contributed by atoms with E-state index in [9.17, 15) is 4.21 Å². The van der Waals surface area contributed by atoms with Crippen LogP contribution in [0.15, 0.2) is 48.6 Å². The second-order valence-corrected chi connectivity index (χ2v) is 8.54. The topological polar surface area (TPSA) is 29.1 Å². The summed E-state index contributed by atoms with van der Waals surface area (Å²) in [7, 11) is -1.09. The smallest absolute Gasteiger partial charge is 0.0976 e. The third kappa shape index (κ3) is 4.14. The third-order valence-corrected chi connectivity index (χ3v) is 5.34. The molecule has 0 radical (unpaired) electrons. The zero-order chi connectivity index (χ0) is 15.5. The Bertz CT molecular complexity index is 569. The summed E-state index contributed by atoms with van der Waals surface area (Å²) < 4.78 is 15.7. The second-order valence-electron chi connectivity index (χ2n) is 6.55. The molecule has 0 saturated heterocycles. The van der Waals surface area contributed by atoms with Gasteiger partial charge in [-0.15, -0.1) is 0 Å². The van der Waals surface area contributed by atoms with Crippen LogP contribution in [0.1, 0.15) is 44.4 Å². The molecule has 0 saturated carbocycles. The molecular weight excluding hydrogens is 278 g/mol. The molecule has 0 aliphatic heterocycles. The monoisotopic (exact) mass is 303 g/mol. The van der Waals surface area contributed by atoms with Crippen LogP contribution in [0.5, 0.6) is 0 Å². The van der Waals surface area contributed by atoms with Gasteiger partial charge in [0.05, 0.1) is 21.8 Å². The molecule has 0 aromatic heterocycles. The van der Waals surface area contributed by atoms with E-state index >= 15 is 0 Å². The van der Waals surface area contributed by atoms with Crippen molar-refractivity contribution in [2.24, 2.45) is 5.92 Å². The minimum Gasteiger partial charge on any atom is -0.242 e. The van der Waals surface area contributed by atoms with Crippen molar-refractivity contribution in [2.45, 2.75) is 44.9 Å². The van der Waals surface area contributed by atoms with Gasteiger partial charge in [0, 0.05) is 5.92 Å². The quantitative estimate of drug-likeness (QED) is 0.886. The van der Waals surface area contributed by atoms with Gasteiger partial charge in [0.15, 0.2) is 0 Å². The van der Waals surface area contributed by atoms with Crippen molar-refractivity contribution in [3.63, 3.8) is 0 Å². The van der Waals surface area contributed by atoms with Crippen molar-refractivity contribution >= 4 is 11.0 Å². The largest absolute Gasteiger partial charge is 0.242 e. The van der Waals surface area contributed by atoms with E-state index in [0.29, 0.717) is 5.92 Å². The van der Waals surface area contributed by atoms with E-state index in [-0.39, 0.29) is 10.8 Å². The molecule has 2 rings (SSSR count). The van der Waals surface area contributed by atoms with Crippen molar-refractivity contribution in [3.05, 3.63) is 59.7 Å². The van der Waals surface area contributed by atoms with Gasteiger partial charge in [0.2, 0.25) is 0 Å². The van der Waals surface area contributed by atoms with Crippen LogP contribution in [0.2, 0.25) is 0 Å². The molecule has 0 bridgehead atoms. The van der Waals surface area contributed by atoms with Gasteiger partial charge in [-0.25, -0.2) is 8.93 Å². The minimum absolute atomic E-state index is 0.0764. The lowest BCUT2D eigenvalue weighted by molar-refractivity contribution is 0.480. The van der Waals surface area contributed by atoms with Crippen molar-refractivity contribution in [1.82, 2.24) is 4.72 Å². The number of nitrogens with one attached hydrogen (secondary N) is 1. The molecule has 0 amide bonds.